The molecule has 0 bridgehead atoms. The molecule has 0 unspecified atom stereocenters. The van der Waals surface area contributed by atoms with Gasteiger partial charge in [-0.3, -0.25) is 9.20 Å². The predicted molar refractivity (Wildman–Crippen MR) is 140 cm³/mol. The second-order valence-corrected chi connectivity index (χ2v) is 9.48. The van der Waals surface area contributed by atoms with E-state index in [1.54, 1.807) is 0 Å². The van der Waals surface area contributed by atoms with Crippen molar-refractivity contribution in [3.05, 3.63) is 70.9 Å². The molecule has 1 aromatic carbocycles. The fourth-order valence-corrected chi connectivity index (χ4v) is 5.51. The van der Waals surface area contributed by atoms with Gasteiger partial charge in [-0.15, -0.1) is 24.8 Å². The van der Waals surface area contributed by atoms with Crippen LogP contribution in [0.1, 0.15) is 30.5 Å². The predicted octanol–water partition coefficient (Wildman–Crippen LogP) is 5.09. The Morgan fingerprint density at radius 1 is 1.06 bits per heavy atom. The van der Waals surface area contributed by atoms with Crippen LogP contribution < -0.4 is 5.32 Å². The van der Waals surface area contributed by atoms with Crippen LogP contribution in [0.4, 0.5) is 0 Å². The topological polar surface area (TPSA) is 49.6 Å². The Hall–Kier alpha value is -1.99. The SMILES string of the molecule is Cl.Cl.O=C(NCCC1CCN(CCc2ccccc2)CC1)C1=Cc2cnc3cccc(n23)S1. The number of imidazole rings is 1. The molecule has 2 aliphatic rings. The lowest BCUT2D eigenvalue weighted by Crippen LogP contribution is -2.36. The van der Waals surface area contributed by atoms with Gasteiger partial charge in [-0.1, -0.05) is 48.2 Å². The summed E-state index contributed by atoms with van der Waals surface area (Å²) in [6, 6.07) is 16.7. The van der Waals surface area contributed by atoms with Gasteiger partial charge in [-0.05, 0) is 68.5 Å². The first-order chi connectivity index (χ1) is 15.3. The molecule has 0 atom stereocenters. The van der Waals surface area contributed by atoms with E-state index < -0.39 is 0 Å². The number of hydrogen-bond donors (Lipinski definition) is 1. The van der Waals surface area contributed by atoms with Crippen molar-refractivity contribution in [2.45, 2.75) is 30.7 Å². The van der Waals surface area contributed by atoms with E-state index in [-0.39, 0.29) is 30.7 Å². The summed E-state index contributed by atoms with van der Waals surface area (Å²) in [5.41, 5.74) is 3.31. The first kappa shape index (κ1) is 25.6. The molecule has 4 heterocycles. The van der Waals surface area contributed by atoms with Gasteiger partial charge in [0.05, 0.1) is 21.8 Å². The number of likely N-dealkylation sites (tertiary alicyclic amines) is 1. The Bertz CT molecular complexity index is 1090. The number of rotatable bonds is 7. The summed E-state index contributed by atoms with van der Waals surface area (Å²) in [5, 5.41) is 4.18. The largest absolute Gasteiger partial charge is 0.352 e. The summed E-state index contributed by atoms with van der Waals surface area (Å²) < 4.78 is 2.09. The number of pyridine rings is 1. The van der Waals surface area contributed by atoms with Gasteiger partial charge in [0.15, 0.2) is 0 Å². The lowest BCUT2D eigenvalue weighted by atomic mass is 9.93. The lowest BCUT2D eigenvalue weighted by molar-refractivity contribution is -0.116. The van der Waals surface area contributed by atoms with Crippen LogP contribution in [0.3, 0.4) is 0 Å². The standard InChI is InChI=1S/C25H28N4OS.2ClH/c30-25(22-17-21-18-27-23-7-4-8-24(31-22)29(21)23)26-13-9-20-11-15-28(16-12-20)14-10-19-5-2-1-3-6-19;;/h1-8,17-18,20H,9-16H2,(H,26,30);2*1H. The fraction of sp³-hybridized carbons (Fsp3) is 0.360. The second kappa shape index (κ2) is 11.9. The van der Waals surface area contributed by atoms with E-state index in [0.717, 1.165) is 47.2 Å². The molecule has 1 fully saturated rings. The van der Waals surface area contributed by atoms with Gasteiger partial charge >= 0.3 is 0 Å². The van der Waals surface area contributed by atoms with Gasteiger partial charge in [0.2, 0.25) is 0 Å². The van der Waals surface area contributed by atoms with E-state index in [4.69, 9.17) is 0 Å². The highest BCUT2D eigenvalue weighted by molar-refractivity contribution is 8.04. The van der Waals surface area contributed by atoms with Crippen LogP contribution in [0.5, 0.6) is 0 Å². The molecular formula is C25H30Cl2N4OS. The Morgan fingerprint density at radius 3 is 2.64 bits per heavy atom. The molecule has 8 heteroatoms. The first-order valence-corrected chi connectivity index (χ1v) is 12.0. The minimum atomic E-state index is 0. The van der Waals surface area contributed by atoms with Crippen molar-refractivity contribution in [3.8, 4) is 0 Å². The number of hydrogen-bond acceptors (Lipinski definition) is 4. The van der Waals surface area contributed by atoms with Crippen molar-refractivity contribution in [1.82, 2.24) is 19.6 Å². The van der Waals surface area contributed by atoms with Crippen molar-refractivity contribution in [2.75, 3.05) is 26.2 Å². The van der Waals surface area contributed by atoms with Gasteiger partial charge < -0.3 is 10.2 Å². The molecule has 2 aliphatic heterocycles. The first-order valence-electron chi connectivity index (χ1n) is 11.2. The van der Waals surface area contributed by atoms with Crippen LogP contribution in [0.15, 0.2) is 64.7 Å². The highest BCUT2D eigenvalue weighted by Crippen LogP contribution is 2.34. The molecule has 2 aromatic heterocycles. The highest BCUT2D eigenvalue weighted by Gasteiger charge is 2.21. The maximum atomic E-state index is 12.7. The van der Waals surface area contributed by atoms with E-state index in [1.807, 2.05) is 30.5 Å². The molecule has 0 radical (unpaired) electrons. The zero-order valence-corrected chi connectivity index (χ0v) is 20.9. The van der Waals surface area contributed by atoms with Crippen LogP contribution in [-0.4, -0.2) is 46.4 Å². The molecular weight excluding hydrogens is 475 g/mol. The molecule has 0 spiro atoms. The maximum Gasteiger partial charge on any atom is 0.258 e. The van der Waals surface area contributed by atoms with Crippen molar-refractivity contribution < 1.29 is 4.79 Å². The lowest BCUT2D eigenvalue weighted by Gasteiger charge is -2.32. The minimum absolute atomic E-state index is 0. The highest BCUT2D eigenvalue weighted by atomic mass is 35.5. The smallest absolute Gasteiger partial charge is 0.258 e. The summed E-state index contributed by atoms with van der Waals surface area (Å²) in [5.74, 6) is 0.728. The summed E-state index contributed by atoms with van der Waals surface area (Å²) >= 11 is 1.52. The normalized spacial score (nSPS) is 15.9. The molecule has 1 saturated heterocycles. The van der Waals surface area contributed by atoms with Crippen LogP contribution >= 0.6 is 36.6 Å². The third kappa shape index (κ3) is 6.12. The van der Waals surface area contributed by atoms with Gasteiger partial charge in [0.25, 0.3) is 5.91 Å². The molecule has 176 valence electrons. The summed E-state index contributed by atoms with van der Waals surface area (Å²) in [7, 11) is 0. The number of benzene rings is 1. The molecule has 33 heavy (non-hydrogen) atoms. The second-order valence-electron chi connectivity index (χ2n) is 8.42. The van der Waals surface area contributed by atoms with Crippen LogP contribution in [0.2, 0.25) is 0 Å². The van der Waals surface area contributed by atoms with E-state index in [9.17, 15) is 4.79 Å². The molecule has 5 rings (SSSR count). The Balaban J connectivity index is 0.00000153. The average Bonchev–Trinajstić information content (AvgIpc) is 3.24. The van der Waals surface area contributed by atoms with Crippen LogP contribution in [0, 0.1) is 5.92 Å². The Kier molecular flexibility index (Phi) is 9.27. The number of carbonyl (C=O) groups is 1. The monoisotopic (exact) mass is 504 g/mol. The molecule has 0 saturated carbocycles. The van der Waals surface area contributed by atoms with Crippen molar-refractivity contribution >= 4 is 54.2 Å². The van der Waals surface area contributed by atoms with E-state index in [0.29, 0.717) is 5.92 Å². The molecule has 0 aliphatic carbocycles. The number of piperidine rings is 1. The number of carbonyl (C=O) groups excluding carboxylic acids is 1. The van der Waals surface area contributed by atoms with Crippen molar-refractivity contribution in [3.63, 3.8) is 0 Å². The summed E-state index contributed by atoms with van der Waals surface area (Å²) in [6.07, 6.45) is 8.41. The van der Waals surface area contributed by atoms with Crippen molar-refractivity contribution in [2.24, 2.45) is 5.92 Å². The average molecular weight is 506 g/mol. The number of nitrogens with one attached hydrogen (secondary N) is 1. The third-order valence-electron chi connectivity index (χ3n) is 6.34. The maximum absolute atomic E-state index is 12.7. The number of halogens is 2. The van der Waals surface area contributed by atoms with Gasteiger partial charge in [-0.25, -0.2) is 4.98 Å². The summed E-state index contributed by atoms with van der Waals surface area (Å²) in [4.78, 5) is 20.5. The van der Waals surface area contributed by atoms with Gasteiger partial charge in [0.1, 0.15) is 5.65 Å². The Morgan fingerprint density at radius 2 is 1.85 bits per heavy atom. The number of amides is 1. The van der Waals surface area contributed by atoms with Gasteiger partial charge in [0, 0.05) is 13.1 Å². The quantitative estimate of drug-likeness (QED) is 0.486. The zero-order valence-electron chi connectivity index (χ0n) is 18.5. The fourth-order valence-electron chi connectivity index (χ4n) is 4.51. The zero-order chi connectivity index (χ0) is 21.0. The summed E-state index contributed by atoms with van der Waals surface area (Å²) in [6.45, 7) is 4.22. The molecule has 1 N–H and O–H groups in total. The third-order valence-corrected chi connectivity index (χ3v) is 7.39. The van der Waals surface area contributed by atoms with Gasteiger partial charge in [-0.2, -0.15) is 0 Å². The molecule has 1 amide bonds. The number of nitrogens with zero attached hydrogens (tertiary/aromatic N) is 3. The van der Waals surface area contributed by atoms with E-state index in [1.165, 1.54) is 43.3 Å². The van der Waals surface area contributed by atoms with Crippen LogP contribution in [-0.2, 0) is 11.2 Å². The number of aromatic nitrogens is 2. The van der Waals surface area contributed by atoms with E-state index >= 15 is 0 Å². The molecule has 3 aromatic rings. The Labute approximate surface area is 211 Å². The number of thioether (sulfide) groups is 1. The minimum Gasteiger partial charge on any atom is -0.352 e. The molecule has 5 nitrogen and oxygen atoms in total. The van der Waals surface area contributed by atoms with E-state index in [2.05, 4.69) is 49.9 Å². The van der Waals surface area contributed by atoms with Crippen LogP contribution in [0.25, 0.3) is 11.7 Å². The van der Waals surface area contributed by atoms with Crippen molar-refractivity contribution in [1.29, 1.82) is 0 Å².